The minimum absolute atomic E-state index is 0.173. The van der Waals surface area contributed by atoms with Crippen molar-refractivity contribution in [3.05, 3.63) is 23.2 Å². The molecule has 1 amide bonds. The van der Waals surface area contributed by atoms with Gasteiger partial charge in [0, 0.05) is 19.1 Å². The molecular formula is C22H34ClN3O3S. The van der Waals surface area contributed by atoms with Gasteiger partial charge in [-0.1, -0.05) is 50.1 Å². The Morgan fingerprint density at radius 1 is 1.07 bits per heavy atom. The van der Waals surface area contributed by atoms with E-state index in [1.54, 1.807) is 10.4 Å². The third-order valence-electron chi connectivity index (χ3n) is 6.26. The smallest absolute Gasteiger partial charge is 0.243 e. The second-order valence-electron chi connectivity index (χ2n) is 8.57. The lowest BCUT2D eigenvalue weighted by Crippen LogP contribution is -2.37. The number of sulfonamides is 1. The Kier molecular flexibility index (Phi) is 8.57. The minimum atomic E-state index is -3.59. The summed E-state index contributed by atoms with van der Waals surface area (Å²) in [7, 11) is -1.61. The highest BCUT2D eigenvalue weighted by Gasteiger charge is 2.26. The third-order valence-corrected chi connectivity index (χ3v) is 8.48. The molecule has 0 bridgehead atoms. The molecule has 30 heavy (non-hydrogen) atoms. The van der Waals surface area contributed by atoms with Gasteiger partial charge in [-0.05, 0) is 50.9 Å². The summed E-state index contributed by atoms with van der Waals surface area (Å²) in [6.45, 7) is 1.35. The van der Waals surface area contributed by atoms with Crippen LogP contribution in [0.1, 0.15) is 64.2 Å². The normalized spacial score (nSPS) is 20.0. The molecule has 1 aliphatic carbocycles. The Labute approximate surface area is 186 Å². The van der Waals surface area contributed by atoms with E-state index in [9.17, 15) is 13.2 Å². The van der Waals surface area contributed by atoms with Crippen LogP contribution in [0.4, 0.5) is 5.69 Å². The number of carbonyl (C=O) groups excluding carboxylic acids is 1. The van der Waals surface area contributed by atoms with E-state index < -0.39 is 10.0 Å². The SMILES string of the molecule is CN(CC(=O)Nc1cc(S(=O)(=O)N2CCCCCC2)ccc1Cl)C1CCCCCC1. The quantitative estimate of drug-likeness (QED) is 0.641. The predicted octanol–water partition coefficient (Wildman–Crippen LogP) is 4.50. The van der Waals surface area contributed by atoms with Crippen LogP contribution in [-0.2, 0) is 14.8 Å². The Balaban J connectivity index is 1.67. The van der Waals surface area contributed by atoms with Gasteiger partial charge in [0.15, 0.2) is 0 Å². The molecule has 0 unspecified atom stereocenters. The number of carbonyl (C=O) groups is 1. The highest BCUT2D eigenvalue weighted by Crippen LogP contribution is 2.28. The monoisotopic (exact) mass is 455 g/mol. The van der Waals surface area contributed by atoms with Crippen LogP contribution in [0.2, 0.25) is 5.02 Å². The lowest BCUT2D eigenvalue weighted by Gasteiger charge is -2.26. The number of hydrogen-bond donors (Lipinski definition) is 1. The van der Waals surface area contributed by atoms with Crippen LogP contribution in [0.25, 0.3) is 0 Å². The van der Waals surface area contributed by atoms with Gasteiger partial charge in [0.1, 0.15) is 0 Å². The maximum atomic E-state index is 13.1. The van der Waals surface area contributed by atoms with Gasteiger partial charge in [0.25, 0.3) is 0 Å². The number of anilines is 1. The van der Waals surface area contributed by atoms with Crippen molar-refractivity contribution in [1.29, 1.82) is 0 Å². The van der Waals surface area contributed by atoms with Crippen molar-refractivity contribution in [1.82, 2.24) is 9.21 Å². The number of halogens is 1. The van der Waals surface area contributed by atoms with Gasteiger partial charge in [0.2, 0.25) is 15.9 Å². The average molecular weight is 456 g/mol. The zero-order valence-corrected chi connectivity index (χ0v) is 19.5. The average Bonchev–Trinajstić information content (AvgIpc) is 3.15. The third kappa shape index (κ3) is 6.19. The maximum absolute atomic E-state index is 13.1. The van der Waals surface area contributed by atoms with Crippen molar-refractivity contribution in [2.75, 3.05) is 32.0 Å². The molecule has 2 fully saturated rings. The molecule has 0 spiro atoms. The first-order valence-corrected chi connectivity index (χ1v) is 13.0. The number of likely N-dealkylation sites (N-methyl/N-ethyl adjacent to an activating group) is 1. The van der Waals surface area contributed by atoms with E-state index in [1.807, 2.05) is 7.05 Å². The van der Waals surface area contributed by atoms with Crippen LogP contribution >= 0.6 is 11.6 Å². The lowest BCUT2D eigenvalue weighted by atomic mass is 10.1. The summed E-state index contributed by atoms with van der Waals surface area (Å²) in [4.78, 5) is 14.9. The van der Waals surface area contributed by atoms with Gasteiger partial charge in [-0.15, -0.1) is 0 Å². The fourth-order valence-electron chi connectivity index (χ4n) is 4.44. The van der Waals surface area contributed by atoms with Crippen molar-refractivity contribution < 1.29 is 13.2 Å². The van der Waals surface area contributed by atoms with E-state index in [1.165, 1.54) is 37.8 Å². The van der Waals surface area contributed by atoms with Crippen LogP contribution in [0.3, 0.4) is 0 Å². The van der Waals surface area contributed by atoms with E-state index in [2.05, 4.69) is 10.2 Å². The van der Waals surface area contributed by atoms with E-state index in [0.717, 1.165) is 38.5 Å². The molecule has 2 aliphatic rings. The van der Waals surface area contributed by atoms with E-state index in [4.69, 9.17) is 11.6 Å². The molecule has 1 saturated carbocycles. The van der Waals surface area contributed by atoms with Crippen molar-refractivity contribution in [3.63, 3.8) is 0 Å². The first-order chi connectivity index (χ1) is 14.4. The number of hydrogen-bond acceptors (Lipinski definition) is 4. The molecule has 6 nitrogen and oxygen atoms in total. The van der Waals surface area contributed by atoms with E-state index >= 15 is 0 Å². The molecule has 1 aromatic carbocycles. The standard InChI is InChI=1S/C22H34ClN3O3S/c1-25(18-10-6-2-3-7-11-18)17-22(27)24-21-16-19(12-13-20(21)23)30(28,29)26-14-8-4-5-9-15-26/h12-13,16,18H,2-11,14-15,17H2,1H3,(H,24,27). The molecule has 1 saturated heterocycles. The van der Waals surface area contributed by atoms with Crippen LogP contribution in [-0.4, -0.2) is 56.3 Å². The van der Waals surface area contributed by atoms with Gasteiger partial charge in [-0.2, -0.15) is 4.31 Å². The van der Waals surface area contributed by atoms with E-state index in [-0.39, 0.29) is 17.3 Å². The first kappa shape index (κ1) is 23.5. The van der Waals surface area contributed by atoms with Crippen LogP contribution < -0.4 is 5.32 Å². The Morgan fingerprint density at radius 2 is 1.67 bits per heavy atom. The summed E-state index contributed by atoms with van der Waals surface area (Å²) in [6.07, 6.45) is 11.1. The number of benzene rings is 1. The molecule has 3 rings (SSSR count). The molecule has 1 aromatic rings. The zero-order valence-electron chi connectivity index (χ0n) is 17.9. The Bertz CT molecular complexity index is 815. The molecule has 1 aliphatic heterocycles. The van der Waals surface area contributed by atoms with Gasteiger partial charge in [-0.3, -0.25) is 9.69 Å². The summed E-state index contributed by atoms with van der Waals surface area (Å²) in [5.74, 6) is -0.173. The number of nitrogens with zero attached hydrogens (tertiary/aromatic N) is 2. The second-order valence-corrected chi connectivity index (χ2v) is 10.9. The van der Waals surface area contributed by atoms with Crippen molar-refractivity contribution in [2.24, 2.45) is 0 Å². The first-order valence-electron chi connectivity index (χ1n) is 11.2. The summed E-state index contributed by atoms with van der Waals surface area (Å²) >= 11 is 6.27. The summed E-state index contributed by atoms with van der Waals surface area (Å²) in [5, 5.41) is 3.17. The second kappa shape index (κ2) is 10.9. The number of amides is 1. The Morgan fingerprint density at radius 3 is 2.30 bits per heavy atom. The van der Waals surface area contributed by atoms with Gasteiger partial charge >= 0.3 is 0 Å². The maximum Gasteiger partial charge on any atom is 0.243 e. The molecule has 0 radical (unpaired) electrons. The highest BCUT2D eigenvalue weighted by atomic mass is 35.5. The van der Waals surface area contributed by atoms with Crippen molar-refractivity contribution in [2.45, 2.75) is 75.1 Å². The Hall–Kier alpha value is -1.15. The summed E-state index contributed by atoms with van der Waals surface area (Å²) < 4.78 is 27.7. The zero-order chi connectivity index (χ0) is 21.6. The van der Waals surface area contributed by atoms with Gasteiger partial charge < -0.3 is 5.32 Å². The molecule has 0 aromatic heterocycles. The van der Waals surface area contributed by atoms with Crippen LogP contribution in [0.5, 0.6) is 0 Å². The molecular weight excluding hydrogens is 422 g/mol. The largest absolute Gasteiger partial charge is 0.324 e. The molecule has 0 atom stereocenters. The topological polar surface area (TPSA) is 69.7 Å². The molecule has 168 valence electrons. The molecule has 1 N–H and O–H groups in total. The van der Waals surface area contributed by atoms with Gasteiger partial charge in [-0.25, -0.2) is 8.42 Å². The summed E-state index contributed by atoms with van der Waals surface area (Å²) in [6, 6.07) is 4.99. The van der Waals surface area contributed by atoms with Gasteiger partial charge in [0.05, 0.1) is 22.2 Å². The van der Waals surface area contributed by atoms with Crippen LogP contribution in [0.15, 0.2) is 23.1 Å². The van der Waals surface area contributed by atoms with E-state index in [0.29, 0.717) is 29.8 Å². The fraction of sp³-hybridized carbons (Fsp3) is 0.682. The van der Waals surface area contributed by atoms with Crippen molar-refractivity contribution in [3.8, 4) is 0 Å². The highest BCUT2D eigenvalue weighted by molar-refractivity contribution is 7.89. The number of rotatable bonds is 6. The molecule has 1 heterocycles. The molecule has 8 heteroatoms. The van der Waals surface area contributed by atoms with Crippen LogP contribution in [0, 0.1) is 0 Å². The summed E-state index contributed by atoms with van der Waals surface area (Å²) in [5.41, 5.74) is 0.354. The van der Waals surface area contributed by atoms with Crippen molar-refractivity contribution >= 4 is 33.2 Å². The fourth-order valence-corrected chi connectivity index (χ4v) is 6.14. The number of nitrogens with one attached hydrogen (secondary N) is 1. The lowest BCUT2D eigenvalue weighted by molar-refractivity contribution is -0.117. The minimum Gasteiger partial charge on any atom is -0.324 e. The predicted molar refractivity (Wildman–Crippen MR) is 121 cm³/mol.